The molecule has 9 aromatic rings. The van der Waals surface area contributed by atoms with Gasteiger partial charge in [0.2, 0.25) is 5.95 Å². The van der Waals surface area contributed by atoms with Gasteiger partial charge in [0.1, 0.15) is 0 Å². The van der Waals surface area contributed by atoms with Crippen LogP contribution in [0.1, 0.15) is 0 Å². The summed E-state index contributed by atoms with van der Waals surface area (Å²) in [4.78, 5) is 12.9. The molecule has 1 heterocycles. The number of anilines is 3. The second-order valence-electron chi connectivity index (χ2n) is 12.6. The Kier molecular flexibility index (Phi) is 7.84. The van der Waals surface area contributed by atoms with Crippen LogP contribution in [0.25, 0.3) is 66.3 Å². The van der Waals surface area contributed by atoms with Crippen LogP contribution in [0, 0.1) is 0 Å². The van der Waals surface area contributed by atoms with Crippen molar-refractivity contribution in [1.29, 1.82) is 0 Å². The quantitative estimate of drug-likeness (QED) is 0.172. The van der Waals surface area contributed by atoms with Crippen LogP contribution in [-0.4, -0.2) is 9.97 Å². The van der Waals surface area contributed by atoms with Crippen molar-refractivity contribution in [1.82, 2.24) is 9.97 Å². The van der Waals surface area contributed by atoms with Crippen molar-refractivity contribution in [3.63, 3.8) is 0 Å². The van der Waals surface area contributed by atoms with E-state index in [1.54, 1.807) is 0 Å². The molecular formula is C48H33N3. The zero-order chi connectivity index (χ0) is 34.0. The zero-order valence-electron chi connectivity index (χ0n) is 27.9. The lowest BCUT2D eigenvalue weighted by Crippen LogP contribution is -2.15. The number of hydrogen-bond donors (Lipinski definition) is 0. The Morgan fingerprint density at radius 2 is 0.902 bits per heavy atom. The third-order valence-electron chi connectivity index (χ3n) is 9.50. The molecule has 0 atom stereocenters. The maximum atomic E-state index is 5.46. The predicted molar refractivity (Wildman–Crippen MR) is 213 cm³/mol. The maximum absolute atomic E-state index is 5.46. The molecular weight excluding hydrogens is 619 g/mol. The van der Waals surface area contributed by atoms with Gasteiger partial charge in [0.25, 0.3) is 0 Å². The van der Waals surface area contributed by atoms with Crippen molar-refractivity contribution >= 4 is 39.0 Å². The first-order chi connectivity index (χ1) is 25.3. The molecule has 0 unspecified atom stereocenters. The number of hydrogen-bond acceptors (Lipinski definition) is 3. The normalized spacial score (nSPS) is 11.1. The first kappa shape index (κ1) is 30.2. The molecule has 0 radical (unpaired) electrons. The molecule has 3 nitrogen and oxygen atoms in total. The average Bonchev–Trinajstić information content (AvgIpc) is 3.22. The number of benzene rings is 8. The van der Waals surface area contributed by atoms with Crippen molar-refractivity contribution in [3.05, 3.63) is 200 Å². The van der Waals surface area contributed by atoms with Crippen LogP contribution in [-0.2, 0) is 0 Å². The van der Waals surface area contributed by atoms with Crippen LogP contribution in [0.15, 0.2) is 200 Å². The molecule has 51 heavy (non-hydrogen) atoms. The fourth-order valence-corrected chi connectivity index (χ4v) is 6.99. The number of aromatic nitrogens is 2. The summed E-state index contributed by atoms with van der Waals surface area (Å²) >= 11 is 0. The summed E-state index contributed by atoms with van der Waals surface area (Å²) in [6.07, 6.45) is 0. The van der Waals surface area contributed by atoms with Crippen LogP contribution in [0.4, 0.5) is 17.3 Å². The highest BCUT2D eigenvalue weighted by Gasteiger charge is 2.23. The van der Waals surface area contributed by atoms with Gasteiger partial charge < -0.3 is 0 Å². The monoisotopic (exact) mass is 651 g/mol. The van der Waals surface area contributed by atoms with Gasteiger partial charge in [0, 0.05) is 22.2 Å². The zero-order valence-corrected chi connectivity index (χ0v) is 27.9. The summed E-state index contributed by atoms with van der Waals surface area (Å²) in [5, 5.41) is 3.35. The SMILES string of the molecule is c1ccc(-c2ccc(-c3cc(-c4ccccc4)ccc3N(c3ccccc3)c3nc(-c4cccc5ccccc45)c4ccccc4n3)cc2)cc1. The minimum atomic E-state index is 0.609. The summed E-state index contributed by atoms with van der Waals surface area (Å²) in [6.45, 7) is 0. The summed E-state index contributed by atoms with van der Waals surface area (Å²) in [6, 6.07) is 70.4. The topological polar surface area (TPSA) is 29.0 Å². The molecule has 0 saturated heterocycles. The third kappa shape index (κ3) is 5.81. The molecule has 0 aliphatic carbocycles. The van der Waals surface area contributed by atoms with Gasteiger partial charge in [-0.05, 0) is 68.9 Å². The third-order valence-corrected chi connectivity index (χ3v) is 9.50. The summed E-state index contributed by atoms with van der Waals surface area (Å²) in [5.74, 6) is 0.609. The summed E-state index contributed by atoms with van der Waals surface area (Å²) < 4.78 is 0. The van der Waals surface area contributed by atoms with Gasteiger partial charge in [-0.1, -0.05) is 170 Å². The van der Waals surface area contributed by atoms with Gasteiger partial charge in [-0.3, -0.25) is 4.90 Å². The molecule has 0 saturated carbocycles. The first-order valence-corrected chi connectivity index (χ1v) is 17.3. The fraction of sp³-hybridized carbons (Fsp3) is 0. The molecule has 1 aromatic heterocycles. The van der Waals surface area contributed by atoms with Crippen molar-refractivity contribution < 1.29 is 0 Å². The van der Waals surface area contributed by atoms with E-state index in [4.69, 9.17) is 9.97 Å². The van der Waals surface area contributed by atoms with Crippen LogP contribution in [0.5, 0.6) is 0 Å². The van der Waals surface area contributed by atoms with Gasteiger partial charge in [0.05, 0.1) is 16.9 Å². The molecule has 0 bridgehead atoms. The van der Waals surface area contributed by atoms with Crippen molar-refractivity contribution in [2.75, 3.05) is 4.90 Å². The lowest BCUT2D eigenvalue weighted by Gasteiger charge is -2.27. The number of fused-ring (bicyclic) bond motifs is 2. The van der Waals surface area contributed by atoms with E-state index in [9.17, 15) is 0 Å². The van der Waals surface area contributed by atoms with Crippen LogP contribution < -0.4 is 4.90 Å². The molecule has 0 aliphatic heterocycles. The minimum Gasteiger partial charge on any atom is -0.279 e. The van der Waals surface area contributed by atoms with E-state index < -0.39 is 0 Å². The Bertz CT molecular complexity index is 2610. The second kappa shape index (κ2) is 13.2. The van der Waals surface area contributed by atoms with E-state index in [1.165, 1.54) is 16.5 Å². The smallest absolute Gasteiger partial charge is 0.235 e. The van der Waals surface area contributed by atoms with Crippen LogP contribution >= 0.6 is 0 Å². The molecule has 8 aromatic carbocycles. The highest BCUT2D eigenvalue weighted by molar-refractivity contribution is 6.04. The van der Waals surface area contributed by atoms with Gasteiger partial charge >= 0.3 is 0 Å². The van der Waals surface area contributed by atoms with Crippen LogP contribution in [0.3, 0.4) is 0 Å². The van der Waals surface area contributed by atoms with Crippen molar-refractivity contribution in [3.8, 4) is 44.6 Å². The van der Waals surface area contributed by atoms with E-state index in [1.807, 2.05) is 12.1 Å². The van der Waals surface area contributed by atoms with Crippen molar-refractivity contribution in [2.45, 2.75) is 0 Å². The lowest BCUT2D eigenvalue weighted by atomic mass is 9.95. The van der Waals surface area contributed by atoms with E-state index in [0.717, 1.165) is 61.2 Å². The Morgan fingerprint density at radius 1 is 0.353 bits per heavy atom. The standard InChI is InChI=1S/C48H33N3/c1-4-15-34(16-5-1)36-27-29-38(30-28-36)44-33-39(35-17-6-2-7-18-35)31-32-46(44)51(40-21-8-3-9-22-40)48-49-45-26-13-12-24-43(45)47(50-48)42-25-14-20-37-19-10-11-23-41(37)42/h1-33H. The average molecular weight is 652 g/mol. The Labute approximate surface area is 297 Å². The highest BCUT2D eigenvalue weighted by atomic mass is 15.3. The number of nitrogens with zero attached hydrogens (tertiary/aromatic N) is 3. The van der Waals surface area contributed by atoms with E-state index in [0.29, 0.717) is 5.95 Å². The van der Waals surface area contributed by atoms with Gasteiger partial charge in [0.15, 0.2) is 0 Å². The van der Waals surface area contributed by atoms with Crippen LogP contribution in [0.2, 0.25) is 0 Å². The Balaban J connectivity index is 1.29. The molecule has 0 fully saturated rings. The maximum Gasteiger partial charge on any atom is 0.235 e. The largest absolute Gasteiger partial charge is 0.279 e. The Morgan fingerprint density at radius 3 is 1.65 bits per heavy atom. The first-order valence-electron chi connectivity index (χ1n) is 17.3. The molecule has 0 amide bonds. The summed E-state index contributed by atoms with van der Waals surface area (Å²) in [7, 11) is 0. The lowest BCUT2D eigenvalue weighted by molar-refractivity contribution is 1.11. The highest BCUT2D eigenvalue weighted by Crippen LogP contribution is 2.43. The number of rotatable bonds is 7. The fourth-order valence-electron chi connectivity index (χ4n) is 6.99. The minimum absolute atomic E-state index is 0.609. The van der Waals surface area contributed by atoms with Gasteiger partial charge in [-0.15, -0.1) is 0 Å². The molecule has 0 spiro atoms. The molecule has 3 heteroatoms. The molecule has 240 valence electrons. The predicted octanol–water partition coefficient (Wildman–Crippen LogP) is 12.9. The Hall–Kier alpha value is -6.84. The van der Waals surface area contributed by atoms with E-state index in [-0.39, 0.29) is 0 Å². The van der Waals surface area contributed by atoms with Gasteiger partial charge in [-0.25, -0.2) is 9.97 Å². The summed E-state index contributed by atoms with van der Waals surface area (Å²) in [5.41, 5.74) is 11.7. The molecule has 9 rings (SSSR count). The van der Waals surface area contributed by atoms with Gasteiger partial charge in [-0.2, -0.15) is 0 Å². The second-order valence-corrected chi connectivity index (χ2v) is 12.6. The molecule has 0 N–H and O–H groups in total. The van der Waals surface area contributed by atoms with E-state index >= 15 is 0 Å². The number of para-hydroxylation sites is 2. The van der Waals surface area contributed by atoms with Crippen molar-refractivity contribution in [2.24, 2.45) is 0 Å². The van der Waals surface area contributed by atoms with E-state index in [2.05, 4.69) is 193 Å². The molecule has 0 aliphatic rings.